The first-order valence-electron chi connectivity index (χ1n) is 8.33. The van der Waals surface area contributed by atoms with Crippen LogP contribution in [0, 0.1) is 5.92 Å². The first-order valence-corrected chi connectivity index (χ1v) is 10.1. The quantitative estimate of drug-likeness (QED) is 0.703. The van der Waals surface area contributed by atoms with Crippen LogP contribution >= 0.6 is 35.0 Å². The summed E-state index contributed by atoms with van der Waals surface area (Å²) in [6.45, 7) is 3.72. The van der Waals surface area contributed by atoms with Crippen molar-refractivity contribution in [2.24, 2.45) is 16.0 Å². The summed E-state index contributed by atoms with van der Waals surface area (Å²) in [5, 5.41) is 9.01. The van der Waals surface area contributed by atoms with E-state index in [-0.39, 0.29) is 11.8 Å². The number of hydrazone groups is 1. The maximum atomic E-state index is 11.7. The van der Waals surface area contributed by atoms with Gasteiger partial charge in [-0.1, -0.05) is 60.9 Å². The third-order valence-electron chi connectivity index (χ3n) is 3.77. The molecule has 1 aliphatic rings. The van der Waals surface area contributed by atoms with E-state index >= 15 is 0 Å². The number of aliphatic imine (C=N–C) groups is 1. The molecule has 5 nitrogen and oxygen atoms in total. The lowest BCUT2D eigenvalue weighted by molar-refractivity contribution is -0.118. The third kappa shape index (κ3) is 5.25. The zero-order chi connectivity index (χ0) is 19.4. The third-order valence-corrected chi connectivity index (χ3v) is 5.19. The van der Waals surface area contributed by atoms with Crippen LogP contribution in [0.2, 0.25) is 10.0 Å². The monoisotopic (exact) mass is 420 g/mol. The number of hydrogen-bond donors (Lipinski definition) is 2. The maximum absolute atomic E-state index is 11.7. The molecule has 8 heteroatoms. The van der Waals surface area contributed by atoms with Gasteiger partial charge in [-0.2, -0.15) is 5.10 Å². The largest absolute Gasteiger partial charge is 0.326 e. The smallest absolute Gasteiger partial charge is 0.226 e. The number of nitrogens with one attached hydrogen (secondary N) is 2. The van der Waals surface area contributed by atoms with E-state index in [9.17, 15) is 4.79 Å². The van der Waals surface area contributed by atoms with Crippen molar-refractivity contribution in [1.29, 1.82) is 0 Å². The molecule has 2 aromatic carbocycles. The number of amidine groups is 1. The molecule has 0 aromatic heterocycles. The number of benzene rings is 2. The summed E-state index contributed by atoms with van der Waals surface area (Å²) in [5.41, 5.74) is 6.26. The lowest BCUT2D eigenvalue weighted by atomic mass is 10.1. The summed E-state index contributed by atoms with van der Waals surface area (Å²) in [6.07, 6.45) is 0. The molecule has 0 spiro atoms. The molecule has 1 aliphatic heterocycles. The molecule has 0 saturated carbocycles. The Kier molecular flexibility index (Phi) is 6.42. The Labute approximate surface area is 172 Å². The van der Waals surface area contributed by atoms with Crippen LogP contribution < -0.4 is 10.7 Å². The first kappa shape index (κ1) is 19.7. The van der Waals surface area contributed by atoms with Crippen LogP contribution in [0.5, 0.6) is 0 Å². The van der Waals surface area contributed by atoms with Crippen molar-refractivity contribution in [3.05, 3.63) is 58.1 Å². The second kappa shape index (κ2) is 8.78. The van der Waals surface area contributed by atoms with Crippen molar-refractivity contribution in [2.75, 3.05) is 11.1 Å². The highest BCUT2D eigenvalue weighted by Gasteiger charge is 2.14. The highest BCUT2D eigenvalue weighted by Crippen LogP contribution is 2.29. The van der Waals surface area contributed by atoms with Gasteiger partial charge < -0.3 is 5.32 Å². The van der Waals surface area contributed by atoms with Gasteiger partial charge >= 0.3 is 0 Å². The zero-order valence-electron chi connectivity index (χ0n) is 14.8. The standard InChI is InChI=1S/C19H18Cl2N4OS/c1-11(2)18(26)22-14-6-3-12(4-7-14)17-10-27-19(25-24-17)23-16-8-5-13(20)9-15(16)21/h3-9,11H,10H2,1-2H3,(H,22,26)(H,23,25). The summed E-state index contributed by atoms with van der Waals surface area (Å²) < 4.78 is 0. The van der Waals surface area contributed by atoms with Crippen molar-refractivity contribution >= 4 is 63.1 Å². The van der Waals surface area contributed by atoms with Crippen LogP contribution in [0.1, 0.15) is 19.4 Å². The van der Waals surface area contributed by atoms with Crippen molar-refractivity contribution in [3.63, 3.8) is 0 Å². The number of thioether (sulfide) groups is 1. The fourth-order valence-electron chi connectivity index (χ4n) is 2.24. The molecule has 3 rings (SSSR count). The summed E-state index contributed by atoms with van der Waals surface area (Å²) >= 11 is 13.6. The molecular weight excluding hydrogens is 403 g/mol. The molecule has 0 aliphatic carbocycles. The molecule has 0 unspecified atom stereocenters. The topological polar surface area (TPSA) is 65.8 Å². The molecule has 1 amide bonds. The van der Waals surface area contributed by atoms with E-state index in [1.807, 2.05) is 38.1 Å². The van der Waals surface area contributed by atoms with Crippen molar-refractivity contribution < 1.29 is 4.79 Å². The van der Waals surface area contributed by atoms with E-state index in [0.29, 0.717) is 26.7 Å². The molecule has 0 saturated heterocycles. The van der Waals surface area contributed by atoms with Crippen molar-refractivity contribution in [1.82, 2.24) is 5.43 Å². The van der Waals surface area contributed by atoms with Crippen LogP contribution in [0.4, 0.5) is 11.4 Å². The molecule has 2 N–H and O–H groups in total. The second-order valence-corrected chi connectivity index (χ2v) is 8.00. The molecular formula is C19H18Cl2N4OS. The SMILES string of the molecule is CC(C)C(=O)Nc1ccc(C2=NNC(=Nc3ccc(Cl)cc3Cl)SC2)cc1. The Hall–Kier alpha value is -2.02. The van der Waals surface area contributed by atoms with Crippen LogP contribution in [0.15, 0.2) is 52.6 Å². The van der Waals surface area contributed by atoms with Gasteiger partial charge in [0.25, 0.3) is 0 Å². The summed E-state index contributed by atoms with van der Waals surface area (Å²) in [7, 11) is 0. The van der Waals surface area contributed by atoms with E-state index in [4.69, 9.17) is 23.2 Å². The van der Waals surface area contributed by atoms with Gasteiger partial charge in [-0.05, 0) is 35.9 Å². The normalized spacial score (nSPS) is 15.4. The Morgan fingerprint density at radius 3 is 2.56 bits per heavy atom. The van der Waals surface area contributed by atoms with Gasteiger partial charge in [0.1, 0.15) is 0 Å². The van der Waals surface area contributed by atoms with Gasteiger partial charge in [0.2, 0.25) is 5.91 Å². The molecule has 0 bridgehead atoms. The van der Waals surface area contributed by atoms with E-state index in [2.05, 4.69) is 20.8 Å². The van der Waals surface area contributed by atoms with E-state index < -0.39 is 0 Å². The average Bonchev–Trinajstić information content (AvgIpc) is 2.65. The van der Waals surface area contributed by atoms with Gasteiger partial charge in [-0.25, -0.2) is 4.99 Å². The molecule has 0 radical (unpaired) electrons. The van der Waals surface area contributed by atoms with Crippen molar-refractivity contribution in [2.45, 2.75) is 13.8 Å². The Morgan fingerprint density at radius 2 is 1.96 bits per heavy atom. The number of carbonyl (C=O) groups is 1. The number of amides is 1. The molecule has 27 heavy (non-hydrogen) atoms. The van der Waals surface area contributed by atoms with Crippen LogP contribution in [0.25, 0.3) is 0 Å². The number of anilines is 1. The molecule has 0 atom stereocenters. The minimum atomic E-state index is -0.0557. The van der Waals surface area contributed by atoms with E-state index in [1.165, 1.54) is 11.8 Å². The fraction of sp³-hybridized carbons (Fsp3) is 0.211. The van der Waals surface area contributed by atoms with Gasteiger partial charge in [-0.15, -0.1) is 0 Å². The first-order chi connectivity index (χ1) is 12.9. The van der Waals surface area contributed by atoms with Crippen molar-refractivity contribution in [3.8, 4) is 0 Å². The zero-order valence-corrected chi connectivity index (χ0v) is 17.1. The van der Waals surface area contributed by atoms with E-state index in [1.54, 1.807) is 18.2 Å². The highest BCUT2D eigenvalue weighted by molar-refractivity contribution is 8.14. The van der Waals surface area contributed by atoms with Crippen LogP contribution in [-0.2, 0) is 4.79 Å². The number of hydrogen-bond acceptors (Lipinski definition) is 4. The summed E-state index contributed by atoms with van der Waals surface area (Å²) in [4.78, 5) is 16.2. The molecule has 1 heterocycles. The number of rotatable bonds is 4. The maximum Gasteiger partial charge on any atom is 0.226 e. The van der Waals surface area contributed by atoms with Crippen LogP contribution in [0.3, 0.4) is 0 Å². The lowest BCUT2D eigenvalue weighted by Gasteiger charge is -2.15. The van der Waals surface area contributed by atoms with E-state index in [0.717, 1.165) is 17.0 Å². The summed E-state index contributed by atoms with van der Waals surface area (Å²) in [6, 6.07) is 12.8. The van der Waals surface area contributed by atoms with Gasteiger partial charge in [0.15, 0.2) is 5.17 Å². The lowest BCUT2D eigenvalue weighted by Crippen LogP contribution is -2.25. The Morgan fingerprint density at radius 1 is 1.22 bits per heavy atom. The van der Waals surface area contributed by atoms with Gasteiger partial charge in [0, 0.05) is 22.4 Å². The highest BCUT2D eigenvalue weighted by atomic mass is 35.5. The molecule has 2 aromatic rings. The average molecular weight is 421 g/mol. The summed E-state index contributed by atoms with van der Waals surface area (Å²) in [5.74, 6) is 0.617. The molecule has 0 fully saturated rings. The van der Waals surface area contributed by atoms with Crippen LogP contribution in [-0.4, -0.2) is 22.5 Å². The fourth-order valence-corrected chi connectivity index (χ4v) is 3.46. The second-order valence-electron chi connectivity index (χ2n) is 6.19. The number of halogens is 2. The predicted octanol–water partition coefficient (Wildman–Crippen LogP) is 5.32. The van der Waals surface area contributed by atoms with Gasteiger partial charge in [-0.3, -0.25) is 10.2 Å². The molecule has 140 valence electrons. The Bertz CT molecular complexity index is 910. The Balaban J connectivity index is 1.68. The minimum Gasteiger partial charge on any atom is -0.326 e. The number of nitrogens with zero attached hydrogens (tertiary/aromatic N) is 2. The number of carbonyl (C=O) groups excluding carboxylic acids is 1. The predicted molar refractivity (Wildman–Crippen MR) is 116 cm³/mol. The van der Waals surface area contributed by atoms with Gasteiger partial charge in [0.05, 0.1) is 16.4 Å². The minimum absolute atomic E-state index is 0.00306.